The molecule has 1 aromatic heterocycles. The zero-order valence-electron chi connectivity index (χ0n) is 21.2. The molecule has 1 amide bonds. The Hall–Kier alpha value is -3.10. The quantitative estimate of drug-likeness (QED) is 0.629. The molecule has 8 nitrogen and oxygen atoms in total. The predicted octanol–water partition coefficient (Wildman–Crippen LogP) is 3.81. The van der Waals surface area contributed by atoms with Gasteiger partial charge in [0.05, 0.1) is 31.6 Å². The summed E-state index contributed by atoms with van der Waals surface area (Å²) in [5.41, 5.74) is 6.31. The molecule has 1 atom stereocenters. The molecule has 4 heterocycles. The molecule has 0 unspecified atom stereocenters. The predicted molar refractivity (Wildman–Crippen MR) is 136 cm³/mol. The highest BCUT2D eigenvalue weighted by molar-refractivity contribution is 5.76. The first-order chi connectivity index (χ1) is 17.4. The first-order valence-electron chi connectivity index (χ1n) is 12.8. The van der Waals surface area contributed by atoms with Crippen molar-refractivity contribution < 1.29 is 23.7 Å². The van der Waals surface area contributed by atoms with E-state index < -0.39 is 0 Å². The van der Waals surface area contributed by atoms with Gasteiger partial charge in [0.25, 0.3) is 0 Å². The lowest BCUT2D eigenvalue weighted by Crippen LogP contribution is -2.36. The summed E-state index contributed by atoms with van der Waals surface area (Å²) >= 11 is 0. The van der Waals surface area contributed by atoms with Crippen LogP contribution in [0.5, 0.6) is 5.88 Å². The molecule has 0 radical (unpaired) electrons. The van der Waals surface area contributed by atoms with Crippen LogP contribution in [-0.4, -0.2) is 67.3 Å². The number of pyridine rings is 1. The third-order valence-electron chi connectivity index (χ3n) is 6.96. The number of amides is 1. The number of benzene rings is 1. The second-order valence-corrected chi connectivity index (χ2v) is 9.83. The van der Waals surface area contributed by atoms with E-state index >= 15 is 0 Å². The minimum atomic E-state index is -0.260. The summed E-state index contributed by atoms with van der Waals surface area (Å²) in [6.07, 6.45) is 3.23. The molecule has 192 valence electrons. The van der Waals surface area contributed by atoms with Crippen LogP contribution in [0.1, 0.15) is 37.0 Å². The molecule has 1 aromatic carbocycles. The molecule has 1 saturated heterocycles. The summed E-state index contributed by atoms with van der Waals surface area (Å²) in [5.74, 6) is 0.577. The van der Waals surface area contributed by atoms with E-state index in [1.807, 2.05) is 20.8 Å². The van der Waals surface area contributed by atoms with Gasteiger partial charge < -0.3 is 28.4 Å². The van der Waals surface area contributed by atoms with Crippen LogP contribution in [-0.2, 0) is 27.2 Å². The fraction of sp³-hybridized carbons (Fsp3) is 0.500. The van der Waals surface area contributed by atoms with Crippen LogP contribution in [0.15, 0.2) is 35.1 Å². The molecule has 3 aliphatic heterocycles. The Labute approximate surface area is 211 Å². The summed E-state index contributed by atoms with van der Waals surface area (Å²) in [4.78, 5) is 26.8. The van der Waals surface area contributed by atoms with Gasteiger partial charge in [0.1, 0.15) is 12.7 Å². The lowest BCUT2D eigenvalue weighted by Gasteiger charge is -2.29. The third-order valence-corrected chi connectivity index (χ3v) is 6.96. The first kappa shape index (κ1) is 24.6. The number of hydrogen-bond donors (Lipinski definition) is 0. The van der Waals surface area contributed by atoms with Gasteiger partial charge >= 0.3 is 6.09 Å². The molecular weight excluding hydrogens is 460 g/mol. The number of hydrogen-bond acceptors (Lipinski definition) is 6. The van der Waals surface area contributed by atoms with Crippen molar-refractivity contribution in [2.75, 3.05) is 39.5 Å². The van der Waals surface area contributed by atoms with Gasteiger partial charge in [-0.05, 0) is 50.3 Å². The van der Waals surface area contributed by atoms with E-state index in [2.05, 4.69) is 28.8 Å². The Kier molecular flexibility index (Phi) is 7.16. The molecule has 0 saturated carbocycles. The van der Waals surface area contributed by atoms with Crippen molar-refractivity contribution in [2.24, 2.45) is 0 Å². The van der Waals surface area contributed by atoms with E-state index in [0.29, 0.717) is 45.4 Å². The van der Waals surface area contributed by atoms with E-state index in [0.717, 1.165) is 36.2 Å². The van der Waals surface area contributed by atoms with Gasteiger partial charge in [0.15, 0.2) is 11.3 Å². The second-order valence-electron chi connectivity index (χ2n) is 9.83. The molecule has 0 N–H and O–H groups in total. The minimum absolute atomic E-state index is 0.0302. The van der Waals surface area contributed by atoms with Crippen molar-refractivity contribution in [3.8, 4) is 17.1 Å². The van der Waals surface area contributed by atoms with Crippen LogP contribution >= 0.6 is 0 Å². The van der Waals surface area contributed by atoms with E-state index in [9.17, 15) is 9.59 Å². The molecule has 0 bridgehead atoms. The Balaban J connectivity index is 1.37. The van der Waals surface area contributed by atoms with Crippen molar-refractivity contribution in [3.05, 3.63) is 57.3 Å². The van der Waals surface area contributed by atoms with E-state index in [-0.39, 0.29) is 23.7 Å². The number of carbonyl (C=O) groups excluding carboxylic acids is 1. The maximum Gasteiger partial charge on any atom is 0.410 e. The Morgan fingerprint density at radius 1 is 1.17 bits per heavy atom. The summed E-state index contributed by atoms with van der Waals surface area (Å²) in [6.45, 7) is 9.55. The topological polar surface area (TPSA) is 79.2 Å². The summed E-state index contributed by atoms with van der Waals surface area (Å²) in [7, 11) is 0. The Morgan fingerprint density at radius 3 is 2.75 bits per heavy atom. The van der Waals surface area contributed by atoms with Gasteiger partial charge in [-0.1, -0.05) is 24.3 Å². The lowest BCUT2D eigenvalue weighted by molar-refractivity contribution is -0.102. The van der Waals surface area contributed by atoms with Crippen LogP contribution < -0.4 is 10.2 Å². The number of carbonyl (C=O) groups is 1. The van der Waals surface area contributed by atoms with Crippen LogP contribution in [0.25, 0.3) is 16.8 Å². The molecule has 0 aliphatic carbocycles. The standard InChI is InChI=1S/C28H34N2O6/c1-18(2)36-28(32)29-9-6-20(7-10-29)21-4-5-24-22(14-21)8-11-30-26(15-25(31)19(3)27(24)30)35-17-23-16-33-12-13-34-23/h4-6,14-15,18,23H,7-13,16-17H2,1-3H3/t23-/m0/s1. The highest BCUT2D eigenvalue weighted by Crippen LogP contribution is 2.36. The van der Waals surface area contributed by atoms with E-state index in [4.69, 9.17) is 18.9 Å². The summed E-state index contributed by atoms with van der Waals surface area (Å²) < 4.78 is 24.7. The highest BCUT2D eigenvalue weighted by atomic mass is 16.6. The van der Waals surface area contributed by atoms with Gasteiger partial charge in [0.2, 0.25) is 0 Å². The highest BCUT2D eigenvalue weighted by Gasteiger charge is 2.25. The molecule has 0 spiro atoms. The van der Waals surface area contributed by atoms with E-state index in [1.54, 1.807) is 11.0 Å². The van der Waals surface area contributed by atoms with Gasteiger partial charge in [-0.25, -0.2) is 4.79 Å². The van der Waals surface area contributed by atoms with Crippen molar-refractivity contribution in [2.45, 2.75) is 52.4 Å². The fourth-order valence-electron chi connectivity index (χ4n) is 5.06. The molecule has 1 fully saturated rings. The zero-order chi connectivity index (χ0) is 25.2. The molecule has 36 heavy (non-hydrogen) atoms. The zero-order valence-corrected chi connectivity index (χ0v) is 21.2. The number of rotatable bonds is 5. The van der Waals surface area contributed by atoms with Gasteiger partial charge in [-0.2, -0.15) is 0 Å². The smallest absolute Gasteiger partial charge is 0.410 e. The fourth-order valence-corrected chi connectivity index (χ4v) is 5.06. The maximum atomic E-state index is 12.8. The number of nitrogens with zero attached hydrogens (tertiary/aromatic N) is 2. The van der Waals surface area contributed by atoms with Crippen LogP contribution in [0.3, 0.4) is 0 Å². The largest absolute Gasteiger partial charge is 0.476 e. The van der Waals surface area contributed by atoms with Gasteiger partial charge in [0, 0.05) is 36.8 Å². The molecule has 8 heteroatoms. The Bertz CT molecular complexity index is 1230. The number of aryl methyl sites for hydroxylation is 1. The Morgan fingerprint density at radius 2 is 2.03 bits per heavy atom. The lowest BCUT2D eigenvalue weighted by atomic mass is 9.90. The van der Waals surface area contributed by atoms with Gasteiger partial charge in [-0.3, -0.25) is 4.79 Å². The first-order valence-corrected chi connectivity index (χ1v) is 12.8. The van der Waals surface area contributed by atoms with Gasteiger partial charge in [-0.15, -0.1) is 0 Å². The average Bonchev–Trinajstić information content (AvgIpc) is 2.89. The average molecular weight is 495 g/mol. The molecule has 2 aromatic rings. The monoisotopic (exact) mass is 494 g/mol. The number of ether oxygens (including phenoxy) is 4. The third kappa shape index (κ3) is 5.06. The van der Waals surface area contributed by atoms with Crippen LogP contribution in [0.2, 0.25) is 0 Å². The summed E-state index contributed by atoms with van der Waals surface area (Å²) in [6, 6.07) is 8.06. The second kappa shape index (κ2) is 10.5. The number of aromatic nitrogens is 1. The normalized spacial score (nSPS) is 19.4. The maximum absolute atomic E-state index is 12.8. The number of fused-ring (bicyclic) bond motifs is 3. The molecule has 3 aliphatic rings. The van der Waals surface area contributed by atoms with Crippen LogP contribution in [0, 0.1) is 6.92 Å². The van der Waals surface area contributed by atoms with Crippen molar-refractivity contribution >= 4 is 11.7 Å². The minimum Gasteiger partial charge on any atom is -0.476 e. The van der Waals surface area contributed by atoms with Crippen molar-refractivity contribution in [3.63, 3.8) is 0 Å². The SMILES string of the molecule is Cc1c2n(c(OC[C@@H]3COCCO3)cc1=O)CCc1cc(C3=CCN(C(=O)OC(C)C)CC3)ccc1-2. The molecule has 5 rings (SSSR count). The van der Waals surface area contributed by atoms with Crippen LogP contribution in [0.4, 0.5) is 4.79 Å². The summed E-state index contributed by atoms with van der Waals surface area (Å²) in [5, 5.41) is 0. The molecular formula is C28H34N2O6. The van der Waals surface area contributed by atoms with E-state index in [1.165, 1.54) is 16.7 Å². The van der Waals surface area contributed by atoms with Crippen molar-refractivity contribution in [1.29, 1.82) is 0 Å². The van der Waals surface area contributed by atoms with Crippen molar-refractivity contribution in [1.82, 2.24) is 9.47 Å².